The lowest BCUT2D eigenvalue weighted by Gasteiger charge is -2.35. The second-order valence-electron chi connectivity index (χ2n) is 5.30. The minimum atomic E-state index is -4.33. The molecule has 3 rings (SSSR count). The van der Waals surface area contributed by atoms with E-state index in [0.717, 1.165) is 17.8 Å². The van der Waals surface area contributed by atoms with E-state index < -0.39 is 11.7 Å². The molecule has 1 amide bonds. The maximum absolute atomic E-state index is 12.6. The normalized spacial score (nSPS) is 15.8. The molecular formula is C16H15F3N2O2. The first-order valence-electron chi connectivity index (χ1n) is 7.20. The standard InChI is InChI=1S/C16H15F3N2O2/c17-16(18,19)12-3-5-13(6-4-12)20-7-9-21(10-8-20)15(22)14-2-1-11-23-14/h1-6,11H,7-10H2. The Morgan fingerprint density at radius 3 is 2.17 bits per heavy atom. The Morgan fingerprint density at radius 1 is 1.00 bits per heavy atom. The van der Waals surface area contributed by atoms with Gasteiger partial charge in [0.05, 0.1) is 11.8 Å². The van der Waals surface area contributed by atoms with Gasteiger partial charge in [0, 0.05) is 31.9 Å². The van der Waals surface area contributed by atoms with Crippen molar-refractivity contribution in [3.05, 3.63) is 54.0 Å². The maximum atomic E-state index is 12.6. The van der Waals surface area contributed by atoms with E-state index in [9.17, 15) is 18.0 Å². The number of carbonyl (C=O) groups is 1. The van der Waals surface area contributed by atoms with Crippen molar-refractivity contribution in [1.82, 2.24) is 4.90 Å². The van der Waals surface area contributed by atoms with Crippen LogP contribution in [0.25, 0.3) is 0 Å². The molecule has 0 spiro atoms. The van der Waals surface area contributed by atoms with Crippen LogP contribution in [0.4, 0.5) is 18.9 Å². The summed E-state index contributed by atoms with van der Waals surface area (Å²) in [5.41, 5.74) is 0.0657. The highest BCUT2D eigenvalue weighted by Crippen LogP contribution is 2.30. The fraction of sp³-hybridized carbons (Fsp3) is 0.312. The summed E-state index contributed by atoms with van der Waals surface area (Å²) in [4.78, 5) is 15.8. The molecule has 2 heterocycles. The zero-order valence-corrected chi connectivity index (χ0v) is 12.2. The first kappa shape index (κ1) is 15.5. The molecule has 0 unspecified atom stereocenters. The van der Waals surface area contributed by atoms with Gasteiger partial charge in [-0.1, -0.05) is 0 Å². The number of piperazine rings is 1. The average Bonchev–Trinajstić information content (AvgIpc) is 3.08. The van der Waals surface area contributed by atoms with Gasteiger partial charge in [-0.05, 0) is 36.4 Å². The van der Waals surface area contributed by atoms with Crippen LogP contribution < -0.4 is 4.90 Å². The average molecular weight is 324 g/mol. The molecule has 0 aliphatic carbocycles. The highest BCUT2D eigenvalue weighted by Gasteiger charge is 2.30. The summed E-state index contributed by atoms with van der Waals surface area (Å²) in [6, 6.07) is 8.36. The van der Waals surface area contributed by atoms with Crippen LogP contribution >= 0.6 is 0 Å². The summed E-state index contributed by atoms with van der Waals surface area (Å²) in [5, 5.41) is 0. The fourth-order valence-corrected chi connectivity index (χ4v) is 2.59. The number of halogens is 3. The maximum Gasteiger partial charge on any atom is 0.416 e. The Labute approximate surface area is 131 Å². The molecule has 2 aromatic rings. The molecule has 23 heavy (non-hydrogen) atoms. The fourth-order valence-electron chi connectivity index (χ4n) is 2.59. The van der Waals surface area contributed by atoms with Crippen molar-refractivity contribution in [3.8, 4) is 0 Å². The van der Waals surface area contributed by atoms with E-state index in [1.807, 2.05) is 4.90 Å². The Kier molecular flexibility index (Phi) is 4.02. The van der Waals surface area contributed by atoms with Crippen LogP contribution in [0.5, 0.6) is 0 Å². The van der Waals surface area contributed by atoms with Gasteiger partial charge in [0.25, 0.3) is 5.91 Å². The number of carbonyl (C=O) groups excluding carboxylic acids is 1. The van der Waals surface area contributed by atoms with Gasteiger partial charge in [-0.25, -0.2) is 0 Å². The van der Waals surface area contributed by atoms with E-state index >= 15 is 0 Å². The third kappa shape index (κ3) is 3.33. The van der Waals surface area contributed by atoms with E-state index in [4.69, 9.17) is 4.42 Å². The van der Waals surface area contributed by atoms with Crippen LogP contribution in [0.1, 0.15) is 16.1 Å². The Morgan fingerprint density at radius 2 is 1.65 bits per heavy atom. The zero-order valence-electron chi connectivity index (χ0n) is 12.2. The minimum Gasteiger partial charge on any atom is -0.459 e. The van der Waals surface area contributed by atoms with Gasteiger partial charge in [0.1, 0.15) is 0 Å². The molecule has 1 aromatic heterocycles. The molecule has 0 atom stereocenters. The van der Waals surface area contributed by atoms with Crippen LogP contribution in [-0.2, 0) is 6.18 Å². The molecule has 0 saturated carbocycles. The summed E-state index contributed by atoms with van der Waals surface area (Å²) in [5.74, 6) is 0.134. The largest absolute Gasteiger partial charge is 0.459 e. The van der Waals surface area contributed by atoms with Crippen LogP contribution in [0.15, 0.2) is 47.1 Å². The second kappa shape index (κ2) is 5.98. The molecule has 1 saturated heterocycles. The van der Waals surface area contributed by atoms with E-state index in [1.54, 1.807) is 17.0 Å². The molecule has 0 N–H and O–H groups in total. The SMILES string of the molecule is O=C(c1ccco1)N1CCN(c2ccc(C(F)(F)F)cc2)CC1. The smallest absolute Gasteiger partial charge is 0.416 e. The van der Waals surface area contributed by atoms with Crippen molar-refractivity contribution >= 4 is 11.6 Å². The third-order valence-corrected chi connectivity index (χ3v) is 3.86. The van der Waals surface area contributed by atoms with E-state index in [1.165, 1.54) is 18.4 Å². The van der Waals surface area contributed by atoms with E-state index in [-0.39, 0.29) is 5.91 Å². The Balaban J connectivity index is 1.62. The predicted octanol–water partition coefficient (Wildman–Crippen LogP) is 3.26. The number of hydrogen-bond donors (Lipinski definition) is 0. The molecule has 7 heteroatoms. The molecule has 4 nitrogen and oxygen atoms in total. The molecule has 1 aliphatic heterocycles. The number of furan rings is 1. The van der Waals surface area contributed by atoms with Gasteiger partial charge >= 0.3 is 6.18 Å². The predicted molar refractivity (Wildman–Crippen MR) is 78.3 cm³/mol. The number of benzene rings is 1. The van der Waals surface area contributed by atoms with E-state index in [0.29, 0.717) is 31.9 Å². The van der Waals surface area contributed by atoms with Crippen molar-refractivity contribution in [2.45, 2.75) is 6.18 Å². The number of anilines is 1. The molecule has 0 radical (unpaired) electrons. The van der Waals surface area contributed by atoms with Crippen molar-refractivity contribution in [2.24, 2.45) is 0 Å². The van der Waals surface area contributed by atoms with Crippen LogP contribution in [0, 0.1) is 0 Å². The highest BCUT2D eigenvalue weighted by molar-refractivity contribution is 5.91. The monoisotopic (exact) mass is 324 g/mol. The zero-order chi connectivity index (χ0) is 16.4. The Hall–Kier alpha value is -2.44. The van der Waals surface area contributed by atoms with Gasteiger partial charge in [-0.2, -0.15) is 13.2 Å². The lowest BCUT2D eigenvalue weighted by Crippen LogP contribution is -2.48. The summed E-state index contributed by atoms with van der Waals surface area (Å²) in [7, 11) is 0. The van der Waals surface area contributed by atoms with Crippen molar-refractivity contribution in [3.63, 3.8) is 0 Å². The molecule has 1 aromatic carbocycles. The number of amides is 1. The lowest BCUT2D eigenvalue weighted by atomic mass is 10.1. The van der Waals surface area contributed by atoms with Crippen LogP contribution in [-0.4, -0.2) is 37.0 Å². The highest BCUT2D eigenvalue weighted by atomic mass is 19.4. The second-order valence-corrected chi connectivity index (χ2v) is 5.30. The van der Waals surface area contributed by atoms with Crippen LogP contribution in [0.2, 0.25) is 0 Å². The molecule has 122 valence electrons. The summed E-state index contributed by atoms with van der Waals surface area (Å²) < 4.78 is 42.8. The van der Waals surface area contributed by atoms with E-state index in [2.05, 4.69) is 0 Å². The number of hydrogen-bond acceptors (Lipinski definition) is 3. The van der Waals surface area contributed by atoms with Gasteiger partial charge in [0.15, 0.2) is 5.76 Å². The molecular weight excluding hydrogens is 309 g/mol. The lowest BCUT2D eigenvalue weighted by molar-refractivity contribution is -0.137. The topological polar surface area (TPSA) is 36.7 Å². The number of nitrogens with zero attached hydrogens (tertiary/aromatic N) is 2. The van der Waals surface area contributed by atoms with Gasteiger partial charge < -0.3 is 14.2 Å². The van der Waals surface area contributed by atoms with Crippen molar-refractivity contribution in [2.75, 3.05) is 31.1 Å². The minimum absolute atomic E-state index is 0.165. The first-order chi connectivity index (χ1) is 10.9. The van der Waals surface area contributed by atoms with Crippen LogP contribution in [0.3, 0.4) is 0 Å². The summed E-state index contributed by atoms with van der Waals surface area (Å²) >= 11 is 0. The summed E-state index contributed by atoms with van der Waals surface area (Å²) in [6.45, 7) is 2.14. The third-order valence-electron chi connectivity index (χ3n) is 3.86. The molecule has 1 aliphatic rings. The van der Waals surface area contributed by atoms with Crippen molar-refractivity contribution in [1.29, 1.82) is 0 Å². The van der Waals surface area contributed by atoms with Crippen molar-refractivity contribution < 1.29 is 22.4 Å². The van der Waals surface area contributed by atoms with Gasteiger partial charge in [0.2, 0.25) is 0 Å². The molecule has 0 bridgehead atoms. The number of alkyl halides is 3. The summed E-state index contributed by atoms with van der Waals surface area (Å²) in [6.07, 6.45) is -2.88. The molecule has 1 fully saturated rings. The number of rotatable bonds is 2. The first-order valence-corrected chi connectivity index (χ1v) is 7.20. The van der Waals surface area contributed by atoms with Gasteiger partial charge in [-0.3, -0.25) is 4.79 Å². The quantitative estimate of drug-likeness (QED) is 0.851. The van der Waals surface area contributed by atoms with Gasteiger partial charge in [-0.15, -0.1) is 0 Å². The Bertz CT molecular complexity index is 658.